The van der Waals surface area contributed by atoms with Gasteiger partial charge in [-0.15, -0.1) is 11.8 Å². The molecule has 1 atom stereocenters. The van der Waals surface area contributed by atoms with Gasteiger partial charge >= 0.3 is 6.09 Å². The molecule has 314 valence electrons. The average molecular weight is 833 g/mol. The predicted molar refractivity (Wildman–Crippen MR) is 229 cm³/mol. The Morgan fingerprint density at radius 2 is 1.67 bits per heavy atom. The van der Waals surface area contributed by atoms with Crippen LogP contribution in [0, 0.1) is 5.92 Å². The molecule has 3 aromatic heterocycles. The van der Waals surface area contributed by atoms with Gasteiger partial charge in [0.1, 0.15) is 17.9 Å². The van der Waals surface area contributed by atoms with Gasteiger partial charge in [0.2, 0.25) is 17.7 Å². The molecule has 1 aromatic carbocycles. The van der Waals surface area contributed by atoms with E-state index in [1.807, 2.05) is 44.0 Å². The van der Waals surface area contributed by atoms with Crippen LogP contribution in [0.2, 0.25) is 0 Å². The van der Waals surface area contributed by atoms with E-state index >= 15 is 0 Å². The van der Waals surface area contributed by atoms with E-state index in [1.165, 1.54) is 11.3 Å². The van der Waals surface area contributed by atoms with Crippen molar-refractivity contribution in [3.63, 3.8) is 0 Å². The maximum absolute atomic E-state index is 13.3. The summed E-state index contributed by atoms with van der Waals surface area (Å²) in [6.07, 6.45) is 12.2. The lowest BCUT2D eigenvalue weighted by Crippen LogP contribution is -2.50. The summed E-state index contributed by atoms with van der Waals surface area (Å²) in [5, 5.41) is 8.19. The molecule has 5 heterocycles. The van der Waals surface area contributed by atoms with E-state index in [1.54, 1.807) is 47.0 Å². The number of amides is 3. The third-order valence-electron chi connectivity index (χ3n) is 10.8. The molecule has 3 amide bonds. The molecule has 58 heavy (non-hydrogen) atoms. The van der Waals surface area contributed by atoms with Gasteiger partial charge in [-0.25, -0.2) is 14.8 Å². The SMILES string of the molecule is CCCC(c1ccc(-c2cnn(CC(=O)N3CCC(N4CCC(C(=O)Nc5ncc(SCc6ncc(C(C)(C)C)o6)s5)CC4)CC3)c2)cc1)N(C)C(=O)OC(C)(C)C. The van der Waals surface area contributed by atoms with Crippen LogP contribution >= 0.6 is 23.1 Å². The molecule has 0 spiro atoms. The molecule has 13 nitrogen and oxygen atoms in total. The van der Waals surface area contributed by atoms with Crippen molar-refractivity contribution in [2.75, 3.05) is 38.5 Å². The third kappa shape index (κ3) is 11.5. The van der Waals surface area contributed by atoms with Gasteiger partial charge in [0.05, 0.1) is 34.6 Å². The Hall–Kier alpha value is -4.21. The number of nitrogens with one attached hydrogen (secondary N) is 1. The standard InChI is InChI=1S/C43H60N8O5S2/c1-9-10-34(48(8)41(54)56-43(5,6)7)30-13-11-29(12-14-30)32-23-46-51(26-32)27-37(52)50-21-17-33(18-22-50)49-19-15-31(16-20-49)39(53)47-40-45-25-38(58-40)57-28-36-44-24-35(55-36)42(2,3)4/h11-14,23-26,31,33-34H,9-10,15-22,27-28H2,1-8H3,(H,45,47,53). The number of anilines is 1. The van der Waals surface area contributed by atoms with Crippen LogP contribution in [-0.4, -0.2) is 97.2 Å². The Bertz CT molecular complexity index is 1980. The number of oxazole rings is 1. The van der Waals surface area contributed by atoms with Crippen molar-refractivity contribution in [2.45, 2.75) is 127 Å². The number of ether oxygens (including phenoxy) is 1. The molecular formula is C43H60N8O5S2. The van der Waals surface area contributed by atoms with Crippen molar-refractivity contribution < 1.29 is 23.5 Å². The molecule has 0 bridgehead atoms. The van der Waals surface area contributed by atoms with Gasteiger partial charge in [-0.3, -0.25) is 14.3 Å². The fourth-order valence-corrected chi connectivity index (χ4v) is 9.24. The Labute approximate surface area is 351 Å². The molecule has 1 unspecified atom stereocenters. The number of aromatic nitrogens is 4. The number of thiazole rings is 1. The second kappa shape index (κ2) is 18.8. The van der Waals surface area contributed by atoms with Gasteiger partial charge in [-0.1, -0.05) is 69.7 Å². The molecule has 2 saturated heterocycles. The summed E-state index contributed by atoms with van der Waals surface area (Å²) in [6, 6.07) is 8.53. The van der Waals surface area contributed by atoms with E-state index in [4.69, 9.17) is 9.15 Å². The number of nitrogens with zero attached hydrogens (tertiary/aromatic N) is 7. The van der Waals surface area contributed by atoms with Gasteiger partial charge in [-0.2, -0.15) is 5.10 Å². The van der Waals surface area contributed by atoms with Crippen LogP contribution in [0.1, 0.15) is 110 Å². The Balaban J connectivity index is 0.911. The van der Waals surface area contributed by atoms with E-state index < -0.39 is 5.60 Å². The summed E-state index contributed by atoms with van der Waals surface area (Å²) < 4.78 is 14.2. The second-order valence-corrected chi connectivity index (χ2v) is 19.8. The summed E-state index contributed by atoms with van der Waals surface area (Å²) in [6.45, 7) is 17.4. The van der Waals surface area contributed by atoms with Crippen LogP contribution in [0.5, 0.6) is 0 Å². The molecule has 2 aliphatic rings. The maximum atomic E-state index is 13.3. The second-order valence-electron chi connectivity index (χ2n) is 17.5. The van der Waals surface area contributed by atoms with E-state index in [9.17, 15) is 14.4 Å². The summed E-state index contributed by atoms with van der Waals surface area (Å²) >= 11 is 3.08. The number of carbonyl (C=O) groups is 3. The van der Waals surface area contributed by atoms with Crippen LogP contribution in [0.3, 0.4) is 0 Å². The van der Waals surface area contributed by atoms with Crippen LogP contribution in [0.25, 0.3) is 11.1 Å². The molecule has 1 N–H and O–H groups in total. The molecule has 0 aliphatic carbocycles. The van der Waals surface area contributed by atoms with Gasteiger partial charge in [0.15, 0.2) is 5.13 Å². The summed E-state index contributed by atoms with van der Waals surface area (Å²) in [5.74, 6) is 2.23. The smallest absolute Gasteiger partial charge is 0.410 e. The van der Waals surface area contributed by atoms with E-state index in [-0.39, 0.29) is 41.8 Å². The molecule has 0 radical (unpaired) electrons. The topological polar surface area (TPSA) is 139 Å². The lowest BCUT2D eigenvalue weighted by atomic mass is 9.93. The van der Waals surface area contributed by atoms with Crippen molar-refractivity contribution in [1.29, 1.82) is 0 Å². The minimum absolute atomic E-state index is 0.0380. The fraction of sp³-hybridized carbons (Fsp3) is 0.581. The van der Waals surface area contributed by atoms with Crippen LogP contribution < -0.4 is 5.32 Å². The number of benzene rings is 1. The molecule has 15 heteroatoms. The van der Waals surface area contributed by atoms with Crippen molar-refractivity contribution in [3.8, 4) is 11.1 Å². The van der Waals surface area contributed by atoms with Crippen molar-refractivity contribution >= 4 is 46.1 Å². The molecule has 0 saturated carbocycles. The molecule has 6 rings (SSSR count). The molecular weight excluding hydrogens is 773 g/mol. The minimum Gasteiger partial charge on any atom is -0.444 e. The highest BCUT2D eigenvalue weighted by molar-refractivity contribution is 8.00. The van der Waals surface area contributed by atoms with Crippen molar-refractivity contribution in [3.05, 3.63) is 66.3 Å². The van der Waals surface area contributed by atoms with Crippen molar-refractivity contribution in [2.24, 2.45) is 5.92 Å². The first kappa shape index (κ1) is 43.4. The van der Waals surface area contributed by atoms with Gasteiger partial charge in [0, 0.05) is 49.3 Å². The maximum Gasteiger partial charge on any atom is 0.410 e. The van der Waals surface area contributed by atoms with Crippen molar-refractivity contribution in [1.82, 2.24) is 34.4 Å². The number of carbonyl (C=O) groups excluding carboxylic acids is 3. The van der Waals surface area contributed by atoms with E-state index in [2.05, 4.69) is 65.1 Å². The number of rotatable bonds is 13. The van der Waals surface area contributed by atoms with Crippen LogP contribution in [0.15, 0.2) is 57.7 Å². The molecule has 4 aromatic rings. The van der Waals surface area contributed by atoms with Gasteiger partial charge in [-0.05, 0) is 77.1 Å². The number of likely N-dealkylation sites (tertiary alicyclic amines) is 2. The van der Waals surface area contributed by atoms with Gasteiger partial charge in [0.25, 0.3) is 0 Å². The average Bonchev–Trinajstić information content (AvgIpc) is 3.97. The first-order valence-electron chi connectivity index (χ1n) is 20.5. The third-order valence-corrected chi connectivity index (χ3v) is 12.9. The zero-order chi connectivity index (χ0) is 41.6. The normalized spacial score (nSPS) is 16.7. The molecule has 2 aliphatic heterocycles. The highest BCUT2D eigenvalue weighted by Gasteiger charge is 2.32. The Kier molecular flexibility index (Phi) is 14.1. The number of thioether (sulfide) groups is 1. The van der Waals surface area contributed by atoms with E-state index in [0.29, 0.717) is 35.9 Å². The summed E-state index contributed by atoms with van der Waals surface area (Å²) in [4.78, 5) is 54.3. The lowest BCUT2D eigenvalue weighted by molar-refractivity contribution is -0.134. The fourth-order valence-electron chi connectivity index (χ4n) is 7.51. The first-order chi connectivity index (χ1) is 27.6. The Morgan fingerprint density at radius 3 is 2.31 bits per heavy atom. The largest absolute Gasteiger partial charge is 0.444 e. The highest BCUT2D eigenvalue weighted by atomic mass is 32.2. The number of piperidine rings is 2. The summed E-state index contributed by atoms with van der Waals surface area (Å²) in [7, 11) is 1.79. The predicted octanol–water partition coefficient (Wildman–Crippen LogP) is 8.63. The first-order valence-corrected chi connectivity index (χ1v) is 22.3. The highest BCUT2D eigenvalue weighted by Crippen LogP contribution is 2.33. The minimum atomic E-state index is -0.558. The van der Waals surface area contributed by atoms with E-state index in [0.717, 1.165) is 78.3 Å². The zero-order valence-electron chi connectivity index (χ0n) is 35.3. The number of hydrogen-bond donors (Lipinski definition) is 1. The monoisotopic (exact) mass is 832 g/mol. The Morgan fingerprint density at radius 1 is 0.966 bits per heavy atom. The zero-order valence-corrected chi connectivity index (χ0v) is 37.0. The van der Waals surface area contributed by atoms with Crippen LogP contribution in [-0.2, 0) is 32.0 Å². The van der Waals surface area contributed by atoms with Crippen LogP contribution in [0.4, 0.5) is 9.93 Å². The van der Waals surface area contributed by atoms with Gasteiger partial charge < -0.3 is 29.2 Å². The molecule has 2 fully saturated rings. The summed E-state index contributed by atoms with van der Waals surface area (Å²) in [5.41, 5.74) is 2.35. The lowest BCUT2D eigenvalue weighted by Gasteiger charge is -2.41. The quantitative estimate of drug-likeness (QED) is 0.130. The number of hydrogen-bond acceptors (Lipinski definition) is 11.